The van der Waals surface area contributed by atoms with Gasteiger partial charge in [0.1, 0.15) is 10.8 Å². The number of hydrogen-bond donors (Lipinski definition) is 0. The van der Waals surface area contributed by atoms with Crippen molar-refractivity contribution in [2.45, 2.75) is 6.54 Å². The average Bonchev–Trinajstić information content (AvgIpc) is 2.46. The van der Waals surface area contributed by atoms with Gasteiger partial charge in [-0.2, -0.15) is 0 Å². The lowest BCUT2D eigenvalue weighted by Gasteiger charge is -2.13. The van der Waals surface area contributed by atoms with Crippen molar-refractivity contribution in [3.8, 4) is 0 Å². The lowest BCUT2D eigenvalue weighted by atomic mass is 10.2. The Hall–Kier alpha value is -2.13. The zero-order chi connectivity index (χ0) is 14.4. The lowest BCUT2D eigenvalue weighted by molar-refractivity contribution is 0.104. The summed E-state index contributed by atoms with van der Waals surface area (Å²) < 4.78 is 0. The third kappa shape index (κ3) is 4.21. The minimum Gasteiger partial charge on any atom is -0.376 e. The molecule has 20 heavy (non-hydrogen) atoms. The van der Waals surface area contributed by atoms with Crippen LogP contribution in [0.3, 0.4) is 0 Å². The van der Waals surface area contributed by atoms with Gasteiger partial charge in [0.15, 0.2) is 0 Å². The third-order valence-corrected chi connectivity index (χ3v) is 2.93. The number of benzene rings is 1. The molecular formula is C16H15ClN2O. The Morgan fingerprint density at radius 2 is 1.95 bits per heavy atom. The zero-order valence-corrected chi connectivity index (χ0v) is 11.9. The van der Waals surface area contributed by atoms with Crippen molar-refractivity contribution in [3.05, 3.63) is 77.2 Å². The summed E-state index contributed by atoms with van der Waals surface area (Å²) in [5, 5.41) is 0.321. The fourth-order valence-corrected chi connectivity index (χ4v) is 1.91. The summed E-state index contributed by atoms with van der Waals surface area (Å²) in [6, 6.07) is 15.1. The molecule has 1 aromatic heterocycles. The topological polar surface area (TPSA) is 33.2 Å². The molecular weight excluding hydrogens is 272 g/mol. The standard InChI is InChI=1S/C16H15ClN2O/c1-19(12-13-6-3-2-4-7-13)11-10-15(20)14-8-5-9-16(17)18-14/h2-11H,12H2,1H3/b11-10-. The SMILES string of the molecule is CN(/C=C\C(=O)c1cccc(Cl)n1)Cc1ccccc1. The highest BCUT2D eigenvalue weighted by molar-refractivity contribution is 6.29. The largest absolute Gasteiger partial charge is 0.376 e. The Bertz CT molecular complexity index is 611. The Balaban J connectivity index is 1.97. The molecule has 0 fully saturated rings. The van der Waals surface area contributed by atoms with Gasteiger partial charge in [-0.15, -0.1) is 0 Å². The highest BCUT2D eigenvalue weighted by Crippen LogP contribution is 2.07. The molecule has 102 valence electrons. The number of ketones is 1. The van der Waals surface area contributed by atoms with Gasteiger partial charge in [0.05, 0.1) is 0 Å². The monoisotopic (exact) mass is 286 g/mol. The van der Waals surface area contributed by atoms with E-state index in [9.17, 15) is 4.79 Å². The number of halogens is 1. The van der Waals surface area contributed by atoms with E-state index in [-0.39, 0.29) is 5.78 Å². The molecule has 0 bridgehead atoms. The summed E-state index contributed by atoms with van der Waals surface area (Å²) >= 11 is 5.76. The van der Waals surface area contributed by atoms with Crippen LogP contribution in [0.1, 0.15) is 16.1 Å². The highest BCUT2D eigenvalue weighted by atomic mass is 35.5. The predicted octanol–water partition coefficient (Wildman–Crippen LogP) is 3.56. The first-order chi connectivity index (χ1) is 9.65. The van der Waals surface area contributed by atoms with Crippen LogP contribution in [0, 0.1) is 0 Å². The van der Waals surface area contributed by atoms with E-state index in [2.05, 4.69) is 4.98 Å². The van der Waals surface area contributed by atoms with Gasteiger partial charge in [0, 0.05) is 25.9 Å². The second-order valence-electron chi connectivity index (χ2n) is 4.43. The van der Waals surface area contributed by atoms with Crippen molar-refractivity contribution in [3.63, 3.8) is 0 Å². The summed E-state index contributed by atoms with van der Waals surface area (Å²) in [5.41, 5.74) is 1.54. The highest BCUT2D eigenvalue weighted by Gasteiger charge is 2.04. The number of nitrogens with zero attached hydrogens (tertiary/aromatic N) is 2. The van der Waals surface area contributed by atoms with Crippen LogP contribution in [-0.2, 0) is 6.54 Å². The molecule has 0 amide bonds. The number of hydrogen-bond acceptors (Lipinski definition) is 3. The van der Waals surface area contributed by atoms with Gasteiger partial charge in [-0.3, -0.25) is 4.79 Å². The molecule has 2 rings (SSSR count). The summed E-state index contributed by atoms with van der Waals surface area (Å²) in [6.45, 7) is 0.744. The fraction of sp³-hybridized carbons (Fsp3) is 0.125. The summed E-state index contributed by atoms with van der Waals surface area (Å²) in [4.78, 5) is 17.8. The van der Waals surface area contributed by atoms with Crippen LogP contribution in [0.5, 0.6) is 0 Å². The second-order valence-corrected chi connectivity index (χ2v) is 4.81. The second kappa shape index (κ2) is 6.87. The summed E-state index contributed by atoms with van der Waals surface area (Å²) in [6.07, 6.45) is 3.25. The van der Waals surface area contributed by atoms with Gasteiger partial charge in [0.2, 0.25) is 5.78 Å². The van der Waals surface area contributed by atoms with Gasteiger partial charge in [-0.1, -0.05) is 48.0 Å². The van der Waals surface area contributed by atoms with Gasteiger partial charge in [0.25, 0.3) is 0 Å². The summed E-state index contributed by atoms with van der Waals surface area (Å²) in [5.74, 6) is -0.160. The molecule has 0 aliphatic heterocycles. The molecule has 0 N–H and O–H groups in total. The molecule has 1 aromatic carbocycles. The Morgan fingerprint density at radius 3 is 2.65 bits per heavy atom. The molecule has 0 atom stereocenters. The number of aromatic nitrogens is 1. The molecule has 0 aliphatic carbocycles. The molecule has 0 saturated heterocycles. The van der Waals surface area contributed by atoms with E-state index in [1.165, 1.54) is 11.6 Å². The zero-order valence-electron chi connectivity index (χ0n) is 11.2. The van der Waals surface area contributed by atoms with Crippen LogP contribution in [0.15, 0.2) is 60.8 Å². The van der Waals surface area contributed by atoms with E-state index >= 15 is 0 Å². The van der Waals surface area contributed by atoms with Crippen LogP contribution in [0.2, 0.25) is 5.15 Å². The Labute approximate surface area is 123 Å². The quantitative estimate of drug-likeness (QED) is 0.479. The molecule has 2 aromatic rings. The van der Waals surface area contributed by atoms with Crippen LogP contribution in [0.4, 0.5) is 0 Å². The Kier molecular flexibility index (Phi) is 4.91. The number of rotatable bonds is 5. The third-order valence-electron chi connectivity index (χ3n) is 2.72. The minimum atomic E-state index is -0.160. The molecule has 0 unspecified atom stereocenters. The van der Waals surface area contributed by atoms with Crippen LogP contribution in [0.25, 0.3) is 0 Å². The van der Waals surface area contributed by atoms with Crippen molar-refractivity contribution in [1.29, 1.82) is 0 Å². The summed E-state index contributed by atoms with van der Waals surface area (Å²) in [7, 11) is 1.92. The van der Waals surface area contributed by atoms with E-state index in [0.717, 1.165) is 6.54 Å². The molecule has 3 nitrogen and oxygen atoms in total. The van der Waals surface area contributed by atoms with E-state index in [1.54, 1.807) is 24.4 Å². The van der Waals surface area contributed by atoms with Crippen molar-refractivity contribution in [1.82, 2.24) is 9.88 Å². The van der Waals surface area contributed by atoms with Crippen LogP contribution >= 0.6 is 11.6 Å². The fourth-order valence-electron chi connectivity index (χ4n) is 1.75. The molecule has 1 heterocycles. The van der Waals surface area contributed by atoms with E-state index < -0.39 is 0 Å². The molecule has 0 aliphatic rings. The van der Waals surface area contributed by atoms with E-state index in [0.29, 0.717) is 10.8 Å². The molecule has 0 radical (unpaired) electrons. The predicted molar refractivity (Wildman–Crippen MR) is 80.6 cm³/mol. The van der Waals surface area contributed by atoms with Gasteiger partial charge in [-0.25, -0.2) is 4.98 Å². The van der Waals surface area contributed by atoms with Crippen molar-refractivity contribution < 1.29 is 4.79 Å². The maximum atomic E-state index is 11.9. The first kappa shape index (κ1) is 14.3. The first-order valence-electron chi connectivity index (χ1n) is 6.24. The normalized spacial score (nSPS) is 10.7. The first-order valence-corrected chi connectivity index (χ1v) is 6.62. The number of allylic oxidation sites excluding steroid dienone is 1. The maximum absolute atomic E-state index is 11.9. The van der Waals surface area contributed by atoms with E-state index in [1.807, 2.05) is 42.3 Å². The molecule has 0 spiro atoms. The van der Waals surface area contributed by atoms with Gasteiger partial charge < -0.3 is 4.90 Å². The minimum absolute atomic E-state index is 0.160. The number of pyridine rings is 1. The average molecular weight is 287 g/mol. The number of carbonyl (C=O) groups excluding carboxylic acids is 1. The maximum Gasteiger partial charge on any atom is 0.205 e. The molecule has 0 saturated carbocycles. The molecule has 4 heteroatoms. The van der Waals surface area contributed by atoms with E-state index in [4.69, 9.17) is 11.6 Å². The smallest absolute Gasteiger partial charge is 0.205 e. The van der Waals surface area contributed by atoms with Crippen molar-refractivity contribution in [2.75, 3.05) is 7.05 Å². The van der Waals surface area contributed by atoms with Gasteiger partial charge >= 0.3 is 0 Å². The lowest BCUT2D eigenvalue weighted by Crippen LogP contribution is -2.11. The Morgan fingerprint density at radius 1 is 1.20 bits per heavy atom. The van der Waals surface area contributed by atoms with Crippen molar-refractivity contribution in [2.24, 2.45) is 0 Å². The van der Waals surface area contributed by atoms with Crippen LogP contribution < -0.4 is 0 Å². The van der Waals surface area contributed by atoms with Crippen molar-refractivity contribution >= 4 is 17.4 Å². The van der Waals surface area contributed by atoms with Crippen LogP contribution in [-0.4, -0.2) is 22.7 Å². The van der Waals surface area contributed by atoms with Gasteiger partial charge in [-0.05, 0) is 17.7 Å². The number of carbonyl (C=O) groups is 1.